The van der Waals surface area contributed by atoms with Gasteiger partial charge >= 0.3 is 0 Å². The number of hydrogen-bond donors (Lipinski definition) is 1. The molecule has 2 aliphatic heterocycles. The molecule has 1 N–H and O–H groups in total. The van der Waals surface area contributed by atoms with E-state index in [0.717, 1.165) is 25.8 Å². The molecule has 136 valence electrons. The Morgan fingerprint density at radius 2 is 1.76 bits per heavy atom. The quantitative estimate of drug-likeness (QED) is 0.872. The first-order valence-corrected chi connectivity index (χ1v) is 9.48. The second-order valence-electron chi connectivity index (χ2n) is 6.73. The summed E-state index contributed by atoms with van der Waals surface area (Å²) >= 11 is 12.0. The van der Waals surface area contributed by atoms with E-state index in [1.165, 1.54) is 0 Å². The van der Waals surface area contributed by atoms with Gasteiger partial charge in [-0.2, -0.15) is 0 Å². The molecule has 2 aliphatic rings. The van der Waals surface area contributed by atoms with Gasteiger partial charge in [0.25, 0.3) is 5.91 Å². The van der Waals surface area contributed by atoms with Gasteiger partial charge in [0.1, 0.15) is 6.04 Å². The lowest BCUT2D eigenvalue weighted by Gasteiger charge is -2.36. The van der Waals surface area contributed by atoms with E-state index in [0.29, 0.717) is 41.2 Å². The predicted molar refractivity (Wildman–Crippen MR) is 99.2 cm³/mol. The summed E-state index contributed by atoms with van der Waals surface area (Å²) in [4.78, 5) is 29.5. The number of carbonyl (C=O) groups is 2. The van der Waals surface area contributed by atoms with Gasteiger partial charge in [0, 0.05) is 41.3 Å². The first-order valence-electron chi connectivity index (χ1n) is 8.72. The zero-order chi connectivity index (χ0) is 18.0. The van der Waals surface area contributed by atoms with Crippen molar-refractivity contribution >= 4 is 35.0 Å². The first-order chi connectivity index (χ1) is 12.0. The molecule has 2 fully saturated rings. The molecular formula is C18H23Cl2N3O2. The van der Waals surface area contributed by atoms with Gasteiger partial charge in [-0.25, -0.2) is 0 Å². The molecule has 2 atom stereocenters. The normalized spacial score (nSPS) is 23.8. The Balaban J connectivity index is 1.75. The average Bonchev–Trinajstić information content (AvgIpc) is 3.09. The number of halogens is 2. The number of rotatable bonds is 3. The Morgan fingerprint density at radius 3 is 2.44 bits per heavy atom. The first kappa shape index (κ1) is 18.5. The summed E-state index contributed by atoms with van der Waals surface area (Å²) in [6.07, 6.45) is 3.61. The lowest BCUT2D eigenvalue weighted by atomic mass is 10.0. The van der Waals surface area contributed by atoms with Gasteiger partial charge < -0.3 is 15.1 Å². The summed E-state index contributed by atoms with van der Waals surface area (Å²) in [6, 6.07) is 4.75. The number of amides is 2. The van der Waals surface area contributed by atoms with Crippen LogP contribution in [-0.4, -0.2) is 60.4 Å². The van der Waals surface area contributed by atoms with E-state index < -0.39 is 0 Å². The lowest BCUT2D eigenvalue weighted by Crippen LogP contribution is -2.53. The third kappa shape index (κ3) is 4.10. The van der Waals surface area contributed by atoms with Crippen LogP contribution in [0.5, 0.6) is 0 Å². The second-order valence-corrected chi connectivity index (χ2v) is 7.60. The fourth-order valence-corrected chi connectivity index (χ4v) is 4.26. The summed E-state index contributed by atoms with van der Waals surface area (Å²) in [5, 5.41) is 4.09. The Bertz CT molecular complexity index is 647. The van der Waals surface area contributed by atoms with Crippen LogP contribution in [0.2, 0.25) is 10.0 Å². The number of nitrogens with zero attached hydrogens (tertiary/aromatic N) is 2. The maximum atomic E-state index is 13.0. The third-order valence-electron chi connectivity index (χ3n) is 5.05. The second kappa shape index (κ2) is 7.94. The van der Waals surface area contributed by atoms with Crippen molar-refractivity contribution in [2.75, 3.05) is 26.7 Å². The number of likely N-dealkylation sites (tertiary alicyclic amines) is 2. The smallest absolute Gasteiger partial charge is 0.254 e. The Kier molecular flexibility index (Phi) is 5.87. The van der Waals surface area contributed by atoms with Crippen LogP contribution < -0.4 is 5.32 Å². The minimum atomic E-state index is -0.388. The van der Waals surface area contributed by atoms with Gasteiger partial charge in [0.15, 0.2) is 0 Å². The largest absolute Gasteiger partial charge is 0.339 e. The predicted octanol–water partition coefficient (Wildman–Crippen LogP) is 2.81. The van der Waals surface area contributed by atoms with E-state index in [2.05, 4.69) is 5.32 Å². The minimum Gasteiger partial charge on any atom is -0.339 e. The van der Waals surface area contributed by atoms with Crippen molar-refractivity contribution in [3.8, 4) is 0 Å². The monoisotopic (exact) mass is 383 g/mol. The molecule has 1 aromatic rings. The highest BCUT2D eigenvalue weighted by Gasteiger charge is 2.38. The average molecular weight is 384 g/mol. The summed E-state index contributed by atoms with van der Waals surface area (Å²) in [5.74, 6) is -0.124. The van der Waals surface area contributed by atoms with Gasteiger partial charge in [-0.1, -0.05) is 23.2 Å². The lowest BCUT2D eigenvalue weighted by molar-refractivity contribution is -0.136. The van der Waals surface area contributed by atoms with E-state index in [-0.39, 0.29) is 17.9 Å². The van der Waals surface area contributed by atoms with Crippen molar-refractivity contribution in [1.82, 2.24) is 15.1 Å². The topological polar surface area (TPSA) is 52.7 Å². The van der Waals surface area contributed by atoms with Gasteiger partial charge in [-0.3, -0.25) is 9.59 Å². The molecule has 7 heteroatoms. The molecule has 1 aromatic carbocycles. The minimum absolute atomic E-state index is 0.0546. The van der Waals surface area contributed by atoms with Crippen LogP contribution >= 0.6 is 23.2 Å². The molecule has 0 aliphatic carbocycles. The van der Waals surface area contributed by atoms with Crippen molar-refractivity contribution < 1.29 is 9.59 Å². The maximum Gasteiger partial charge on any atom is 0.254 e. The van der Waals surface area contributed by atoms with Crippen LogP contribution in [0.1, 0.15) is 36.0 Å². The van der Waals surface area contributed by atoms with Crippen molar-refractivity contribution in [2.24, 2.45) is 0 Å². The molecule has 2 saturated heterocycles. The van der Waals surface area contributed by atoms with Crippen LogP contribution in [0.15, 0.2) is 18.2 Å². The fraction of sp³-hybridized carbons (Fsp3) is 0.556. The van der Waals surface area contributed by atoms with Crippen LogP contribution in [0.3, 0.4) is 0 Å². The molecule has 0 bridgehead atoms. The molecule has 0 aromatic heterocycles. The molecule has 25 heavy (non-hydrogen) atoms. The molecular weight excluding hydrogens is 361 g/mol. The zero-order valence-corrected chi connectivity index (χ0v) is 15.8. The number of piperidine rings is 1. The number of benzene rings is 1. The van der Waals surface area contributed by atoms with Crippen LogP contribution in [0.25, 0.3) is 0 Å². The number of nitrogens with one attached hydrogen (secondary N) is 1. The highest BCUT2D eigenvalue weighted by atomic mass is 35.5. The third-order valence-corrected chi connectivity index (χ3v) is 5.49. The molecule has 2 amide bonds. The molecule has 2 heterocycles. The SMILES string of the molecule is CNC1CCCN(C(=O)C2CCCN2C(=O)c2cc(Cl)cc(Cl)c2)C1. The molecule has 3 rings (SSSR count). The summed E-state index contributed by atoms with van der Waals surface area (Å²) in [6.45, 7) is 2.05. The van der Waals surface area contributed by atoms with Gasteiger partial charge in [0.05, 0.1) is 0 Å². The van der Waals surface area contributed by atoms with Gasteiger partial charge in [0.2, 0.25) is 5.91 Å². The number of hydrogen-bond acceptors (Lipinski definition) is 3. The standard InChI is InChI=1S/C18H23Cl2N3O2/c1-21-15-4-2-6-22(11-15)18(25)16-5-3-7-23(16)17(24)12-8-13(19)10-14(20)9-12/h8-10,15-16,21H,2-7,11H2,1H3. The van der Waals surface area contributed by atoms with Crippen molar-refractivity contribution in [1.29, 1.82) is 0 Å². The molecule has 0 spiro atoms. The van der Waals surface area contributed by atoms with E-state index in [9.17, 15) is 9.59 Å². The van der Waals surface area contributed by atoms with Crippen molar-refractivity contribution in [2.45, 2.75) is 37.8 Å². The maximum absolute atomic E-state index is 13.0. The molecule has 2 unspecified atom stereocenters. The molecule has 0 radical (unpaired) electrons. The van der Waals surface area contributed by atoms with E-state index >= 15 is 0 Å². The van der Waals surface area contributed by atoms with E-state index in [1.54, 1.807) is 23.1 Å². The summed E-state index contributed by atoms with van der Waals surface area (Å²) in [5.41, 5.74) is 0.434. The molecule has 0 saturated carbocycles. The highest BCUT2D eigenvalue weighted by molar-refractivity contribution is 6.35. The van der Waals surface area contributed by atoms with Crippen LogP contribution in [0.4, 0.5) is 0 Å². The Labute approximate surface area is 158 Å². The van der Waals surface area contributed by atoms with Crippen molar-refractivity contribution in [3.05, 3.63) is 33.8 Å². The summed E-state index contributed by atoms with van der Waals surface area (Å²) in [7, 11) is 1.92. The van der Waals surface area contributed by atoms with Crippen molar-refractivity contribution in [3.63, 3.8) is 0 Å². The van der Waals surface area contributed by atoms with Gasteiger partial charge in [-0.15, -0.1) is 0 Å². The van der Waals surface area contributed by atoms with Gasteiger partial charge in [-0.05, 0) is 50.9 Å². The van der Waals surface area contributed by atoms with Crippen LogP contribution in [-0.2, 0) is 4.79 Å². The Hall–Kier alpha value is -1.30. The highest BCUT2D eigenvalue weighted by Crippen LogP contribution is 2.26. The molecule has 5 nitrogen and oxygen atoms in total. The number of carbonyl (C=O) groups excluding carboxylic acids is 2. The zero-order valence-electron chi connectivity index (χ0n) is 14.3. The Morgan fingerprint density at radius 1 is 1.08 bits per heavy atom. The fourth-order valence-electron chi connectivity index (χ4n) is 3.73. The summed E-state index contributed by atoms with van der Waals surface area (Å²) < 4.78 is 0. The number of likely N-dealkylation sites (N-methyl/N-ethyl adjacent to an activating group) is 1. The van der Waals surface area contributed by atoms with E-state index in [1.807, 2.05) is 11.9 Å². The van der Waals surface area contributed by atoms with Crippen LogP contribution in [0, 0.1) is 0 Å². The van der Waals surface area contributed by atoms with E-state index in [4.69, 9.17) is 23.2 Å².